The molecular formula is C15H24. The maximum absolute atomic E-state index is 2.27. The second kappa shape index (κ2) is 6.66. The van der Waals surface area contributed by atoms with Crippen LogP contribution in [0.5, 0.6) is 0 Å². The fraction of sp³-hybridized carbons (Fsp3) is 0.600. The topological polar surface area (TPSA) is 0 Å². The summed E-state index contributed by atoms with van der Waals surface area (Å²) in [5, 5.41) is 0. The molecule has 1 aromatic rings. The fourth-order valence-electron chi connectivity index (χ4n) is 2.52. The zero-order valence-electron chi connectivity index (χ0n) is 8.91. The van der Waals surface area contributed by atoms with Crippen molar-refractivity contribution in [3.05, 3.63) is 35.9 Å². The minimum atomic E-state index is 0. The van der Waals surface area contributed by atoms with Gasteiger partial charge >= 0.3 is 0 Å². The molecule has 1 aliphatic carbocycles. The lowest BCUT2D eigenvalue weighted by Gasteiger charge is -2.13. The first kappa shape index (κ1) is 12.3. The second-order valence-corrected chi connectivity index (χ2v) is 4.55. The van der Waals surface area contributed by atoms with Gasteiger partial charge in [-0.05, 0) is 17.9 Å². The Hall–Kier alpha value is -0.780. The van der Waals surface area contributed by atoms with Crippen molar-refractivity contribution in [2.45, 2.75) is 52.4 Å². The first-order valence-corrected chi connectivity index (χ1v) is 5.99. The molecule has 1 aliphatic rings. The van der Waals surface area contributed by atoms with E-state index in [1.807, 2.05) is 0 Å². The average Bonchev–Trinajstić information content (AvgIpc) is 2.48. The van der Waals surface area contributed by atoms with E-state index in [4.69, 9.17) is 0 Å². The first-order valence-electron chi connectivity index (χ1n) is 5.99. The van der Waals surface area contributed by atoms with Crippen LogP contribution in [0.25, 0.3) is 0 Å². The molecule has 0 atom stereocenters. The van der Waals surface area contributed by atoms with Crippen LogP contribution in [0.1, 0.15) is 51.5 Å². The Morgan fingerprint density at radius 2 is 1.47 bits per heavy atom. The Labute approximate surface area is 94.7 Å². The van der Waals surface area contributed by atoms with Gasteiger partial charge in [0.1, 0.15) is 0 Å². The van der Waals surface area contributed by atoms with Crippen LogP contribution in [0.4, 0.5) is 0 Å². The Kier molecular flexibility index (Phi) is 5.45. The van der Waals surface area contributed by atoms with E-state index in [1.54, 1.807) is 0 Å². The highest BCUT2D eigenvalue weighted by atomic mass is 14.2. The summed E-state index contributed by atoms with van der Waals surface area (Å²) in [6.07, 6.45) is 10.1. The Balaban J connectivity index is 0.00000112. The monoisotopic (exact) mass is 204 g/mol. The number of rotatable bonds is 2. The van der Waals surface area contributed by atoms with E-state index in [0.29, 0.717) is 0 Å². The quantitative estimate of drug-likeness (QED) is 0.605. The minimum Gasteiger partial charge on any atom is -0.0776 e. The van der Waals surface area contributed by atoms with Crippen LogP contribution in [0.3, 0.4) is 0 Å². The zero-order chi connectivity index (χ0) is 9.64. The third-order valence-electron chi connectivity index (χ3n) is 3.34. The molecule has 0 aromatic heterocycles. The van der Waals surface area contributed by atoms with Crippen molar-refractivity contribution < 1.29 is 0 Å². The summed E-state index contributed by atoms with van der Waals surface area (Å²) in [4.78, 5) is 0. The average molecular weight is 204 g/mol. The van der Waals surface area contributed by atoms with Crippen molar-refractivity contribution in [3.8, 4) is 0 Å². The lowest BCUT2D eigenvalue weighted by atomic mass is 9.93. The van der Waals surface area contributed by atoms with Crippen LogP contribution in [0.2, 0.25) is 0 Å². The second-order valence-electron chi connectivity index (χ2n) is 4.55. The molecular weight excluding hydrogens is 180 g/mol. The summed E-state index contributed by atoms with van der Waals surface area (Å²) >= 11 is 0. The van der Waals surface area contributed by atoms with Gasteiger partial charge < -0.3 is 0 Å². The van der Waals surface area contributed by atoms with Crippen molar-refractivity contribution in [2.24, 2.45) is 5.92 Å². The predicted molar refractivity (Wildman–Crippen MR) is 68.1 cm³/mol. The molecule has 1 saturated carbocycles. The number of benzene rings is 1. The third-order valence-corrected chi connectivity index (χ3v) is 3.34. The van der Waals surface area contributed by atoms with Gasteiger partial charge in [0.2, 0.25) is 0 Å². The summed E-state index contributed by atoms with van der Waals surface area (Å²) in [6.45, 7) is 0. The van der Waals surface area contributed by atoms with Crippen LogP contribution in [0.15, 0.2) is 30.3 Å². The highest BCUT2D eigenvalue weighted by molar-refractivity contribution is 5.15. The molecule has 0 heterocycles. The molecule has 0 aliphatic heterocycles. The summed E-state index contributed by atoms with van der Waals surface area (Å²) in [6, 6.07) is 11.0. The van der Waals surface area contributed by atoms with E-state index in [-0.39, 0.29) is 7.43 Å². The van der Waals surface area contributed by atoms with E-state index in [9.17, 15) is 0 Å². The fourth-order valence-corrected chi connectivity index (χ4v) is 2.52. The Morgan fingerprint density at radius 3 is 2.07 bits per heavy atom. The van der Waals surface area contributed by atoms with Crippen molar-refractivity contribution in [3.63, 3.8) is 0 Å². The van der Waals surface area contributed by atoms with Crippen LogP contribution < -0.4 is 0 Å². The van der Waals surface area contributed by atoms with Gasteiger partial charge in [0, 0.05) is 0 Å². The maximum atomic E-state index is 2.27. The molecule has 0 bridgehead atoms. The lowest BCUT2D eigenvalue weighted by molar-refractivity contribution is 0.458. The molecule has 0 nitrogen and oxygen atoms in total. The largest absolute Gasteiger partial charge is 0.0776 e. The standard InChI is InChI=1S/C14H20.CH4/c1-2-5-9-13(8-4-1)12-14-10-6-3-7-11-14;/h3,6-7,10-11,13H,1-2,4-5,8-9,12H2;1H4. The number of hydrogen-bond donors (Lipinski definition) is 0. The molecule has 0 radical (unpaired) electrons. The van der Waals surface area contributed by atoms with Gasteiger partial charge in [0.25, 0.3) is 0 Å². The number of hydrogen-bond acceptors (Lipinski definition) is 0. The smallest absolute Gasteiger partial charge is 0.0250 e. The van der Waals surface area contributed by atoms with E-state index in [2.05, 4.69) is 30.3 Å². The molecule has 0 amide bonds. The van der Waals surface area contributed by atoms with Crippen LogP contribution >= 0.6 is 0 Å². The van der Waals surface area contributed by atoms with E-state index in [1.165, 1.54) is 50.5 Å². The molecule has 1 aromatic carbocycles. The molecule has 1 fully saturated rings. The molecule has 2 rings (SSSR count). The van der Waals surface area contributed by atoms with E-state index < -0.39 is 0 Å². The van der Waals surface area contributed by atoms with Crippen molar-refractivity contribution in [2.75, 3.05) is 0 Å². The minimum absolute atomic E-state index is 0. The maximum Gasteiger partial charge on any atom is -0.0250 e. The Morgan fingerprint density at radius 1 is 0.867 bits per heavy atom. The molecule has 0 unspecified atom stereocenters. The van der Waals surface area contributed by atoms with Crippen molar-refractivity contribution in [1.82, 2.24) is 0 Å². The molecule has 0 heteroatoms. The predicted octanol–water partition coefficient (Wildman–Crippen LogP) is 4.84. The van der Waals surface area contributed by atoms with Gasteiger partial charge in [-0.25, -0.2) is 0 Å². The highest BCUT2D eigenvalue weighted by Gasteiger charge is 2.12. The van der Waals surface area contributed by atoms with E-state index in [0.717, 1.165) is 5.92 Å². The van der Waals surface area contributed by atoms with Gasteiger partial charge in [0.05, 0.1) is 0 Å². The molecule has 84 valence electrons. The molecule has 0 spiro atoms. The summed E-state index contributed by atoms with van der Waals surface area (Å²) in [5.74, 6) is 0.958. The SMILES string of the molecule is C.c1ccc(CC2CCCCCC2)cc1. The van der Waals surface area contributed by atoms with Crippen molar-refractivity contribution >= 4 is 0 Å². The third kappa shape index (κ3) is 4.07. The summed E-state index contributed by atoms with van der Waals surface area (Å²) in [7, 11) is 0. The highest BCUT2D eigenvalue weighted by Crippen LogP contribution is 2.25. The first-order chi connectivity index (χ1) is 6.95. The van der Waals surface area contributed by atoms with E-state index >= 15 is 0 Å². The van der Waals surface area contributed by atoms with Crippen LogP contribution in [-0.2, 0) is 6.42 Å². The van der Waals surface area contributed by atoms with Gasteiger partial charge in [-0.2, -0.15) is 0 Å². The van der Waals surface area contributed by atoms with Gasteiger partial charge in [-0.15, -0.1) is 0 Å². The normalized spacial score (nSPS) is 17.9. The molecule has 0 N–H and O–H groups in total. The summed E-state index contributed by atoms with van der Waals surface area (Å²) < 4.78 is 0. The van der Waals surface area contributed by atoms with Crippen LogP contribution in [0, 0.1) is 5.92 Å². The van der Waals surface area contributed by atoms with Gasteiger partial charge in [-0.3, -0.25) is 0 Å². The molecule has 0 saturated heterocycles. The van der Waals surface area contributed by atoms with Gasteiger partial charge in [0.15, 0.2) is 0 Å². The zero-order valence-corrected chi connectivity index (χ0v) is 8.91. The lowest BCUT2D eigenvalue weighted by Crippen LogP contribution is -2.02. The Bertz CT molecular complexity index is 242. The molecule has 15 heavy (non-hydrogen) atoms. The van der Waals surface area contributed by atoms with Crippen LogP contribution in [-0.4, -0.2) is 0 Å². The van der Waals surface area contributed by atoms with Crippen molar-refractivity contribution in [1.29, 1.82) is 0 Å². The summed E-state index contributed by atoms with van der Waals surface area (Å²) in [5.41, 5.74) is 1.53. The van der Waals surface area contributed by atoms with Gasteiger partial charge in [-0.1, -0.05) is 76.3 Å².